The summed E-state index contributed by atoms with van der Waals surface area (Å²) in [5.74, 6) is -0.129. The van der Waals surface area contributed by atoms with Gasteiger partial charge in [0.1, 0.15) is 11.3 Å². The van der Waals surface area contributed by atoms with Crippen LogP contribution >= 0.6 is 11.8 Å². The second kappa shape index (κ2) is 8.65. The highest BCUT2D eigenvalue weighted by molar-refractivity contribution is 8.14. The number of ether oxygens (including phenoxy) is 2. The standard InChI is InChI=1S/C26H19F2N5O2S/c1-34-13-22-26(33-25(29)36-22)17-9-14(16-3-2-7-31-24(16)28)4-5-20(17)35-21-12-32-19(11-18(21)26)15-6-8-30-23(27)10-15/h2-12,22H,13H2,1H3,(H2,29,33)/t22-,26?/m1/s1. The first-order chi connectivity index (χ1) is 17.5. The van der Waals surface area contributed by atoms with E-state index in [4.69, 9.17) is 20.2 Å². The topological polar surface area (TPSA) is 95.5 Å². The summed E-state index contributed by atoms with van der Waals surface area (Å²) >= 11 is 1.40. The van der Waals surface area contributed by atoms with Crippen molar-refractivity contribution in [3.05, 3.63) is 90.1 Å². The molecule has 0 saturated carbocycles. The molecule has 2 aliphatic heterocycles. The van der Waals surface area contributed by atoms with Crippen molar-refractivity contribution in [2.75, 3.05) is 13.7 Å². The molecule has 36 heavy (non-hydrogen) atoms. The molecule has 2 N–H and O–H groups in total. The number of hydrogen-bond donors (Lipinski definition) is 1. The van der Waals surface area contributed by atoms with E-state index in [9.17, 15) is 8.78 Å². The van der Waals surface area contributed by atoms with Gasteiger partial charge in [0, 0.05) is 47.8 Å². The third kappa shape index (κ3) is 3.52. The van der Waals surface area contributed by atoms with Crippen molar-refractivity contribution in [3.63, 3.8) is 0 Å². The Morgan fingerprint density at radius 2 is 1.86 bits per heavy atom. The summed E-state index contributed by atoms with van der Waals surface area (Å²) in [5, 5.41) is 0.143. The van der Waals surface area contributed by atoms with Gasteiger partial charge in [0.05, 0.1) is 23.7 Å². The summed E-state index contributed by atoms with van der Waals surface area (Å²) in [5.41, 5.74) is 8.76. The first-order valence-electron chi connectivity index (χ1n) is 11.1. The van der Waals surface area contributed by atoms with Crippen molar-refractivity contribution in [2.24, 2.45) is 10.7 Å². The Labute approximate surface area is 209 Å². The van der Waals surface area contributed by atoms with Gasteiger partial charge in [0.15, 0.2) is 10.9 Å². The van der Waals surface area contributed by atoms with Crippen LogP contribution in [-0.2, 0) is 10.3 Å². The van der Waals surface area contributed by atoms with Crippen molar-refractivity contribution in [1.82, 2.24) is 15.0 Å². The molecule has 0 radical (unpaired) electrons. The molecule has 0 fully saturated rings. The molecule has 7 nitrogen and oxygen atoms in total. The maximum absolute atomic E-state index is 14.6. The molecule has 1 unspecified atom stereocenters. The van der Waals surface area contributed by atoms with E-state index < -0.39 is 17.4 Å². The number of pyridine rings is 3. The summed E-state index contributed by atoms with van der Waals surface area (Å²) in [4.78, 5) is 16.9. The maximum Gasteiger partial charge on any atom is 0.220 e. The minimum atomic E-state index is -1.01. The van der Waals surface area contributed by atoms with Gasteiger partial charge in [-0.3, -0.25) is 4.98 Å². The number of aliphatic imine (C=N–C) groups is 1. The van der Waals surface area contributed by atoms with Gasteiger partial charge in [0.2, 0.25) is 11.9 Å². The number of halogens is 2. The smallest absolute Gasteiger partial charge is 0.220 e. The quantitative estimate of drug-likeness (QED) is 0.396. The highest BCUT2D eigenvalue weighted by atomic mass is 32.2. The normalized spacial score (nSPS) is 20.0. The third-order valence-corrected chi connectivity index (χ3v) is 7.41. The van der Waals surface area contributed by atoms with Gasteiger partial charge >= 0.3 is 0 Å². The molecule has 10 heteroatoms. The largest absolute Gasteiger partial charge is 0.455 e. The number of thioether (sulfide) groups is 1. The van der Waals surface area contributed by atoms with E-state index in [0.29, 0.717) is 56.8 Å². The molecule has 4 aromatic rings. The zero-order valence-corrected chi connectivity index (χ0v) is 19.8. The number of nitrogens with two attached hydrogens (primary N) is 1. The molecule has 0 bridgehead atoms. The molecule has 6 rings (SSSR count). The lowest BCUT2D eigenvalue weighted by atomic mass is 9.77. The van der Waals surface area contributed by atoms with Crippen LogP contribution in [0.1, 0.15) is 11.1 Å². The minimum absolute atomic E-state index is 0.248. The van der Waals surface area contributed by atoms with Crippen LogP contribution in [0.5, 0.6) is 11.5 Å². The highest BCUT2D eigenvalue weighted by Crippen LogP contribution is 2.57. The first kappa shape index (κ1) is 22.6. The van der Waals surface area contributed by atoms with E-state index in [1.807, 2.05) is 12.1 Å². The SMILES string of the molecule is COC[C@H]1SC(N)=NC12c1cc(-c3cccnc3F)ccc1Oc1cnc(-c3ccnc(F)c3)cc12. The van der Waals surface area contributed by atoms with Crippen molar-refractivity contribution in [2.45, 2.75) is 10.8 Å². The molecule has 0 saturated heterocycles. The van der Waals surface area contributed by atoms with Crippen LogP contribution in [0.3, 0.4) is 0 Å². The second-order valence-corrected chi connectivity index (χ2v) is 9.59. The Hall–Kier alpha value is -3.89. The lowest BCUT2D eigenvalue weighted by molar-refractivity contribution is 0.181. The fourth-order valence-electron chi connectivity index (χ4n) is 4.77. The number of aromatic nitrogens is 3. The molecule has 2 aliphatic rings. The van der Waals surface area contributed by atoms with Crippen molar-refractivity contribution < 1.29 is 18.3 Å². The molecular weight excluding hydrogens is 484 g/mol. The summed E-state index contributed by atoms with van der Waals surface area (Å²) in [6.07, 6.45) is 4.39. The zero-order valence-electron chi connectivity index (χ0n) is 19.0. The zero-order chi connectivity index (χ0) is 24.9. The van der Waals surface area contributed by atoms with Gasteiger partial charge in [-0.05, 0) is 42.0 Å². The molecule has 0 amide bonds. The number of benzene rings is 1. The van der Waals surface area contributed by atoms with E-state index in [1.54, 1.807) is 43.6 Å². The maximum atomic E-state index is 14.6. The fourth-order valence-corrected chi connectivity index (χ4v) is 5.94. The van der Waals surface area contributed by atoms with Gasteiger partial charge in [-0.15, -0.1) is 0 Å². The van der Waals surface area contributed by atoms with E-state index in [2.05, 4.69) is 15.0 Å². The number of methoxy groups -OCH3 is 1. The van der Waals surface area contributed by atoms with Gasteiger partial charge in [-0.25, -0.2) is 15.0 Å². The van der Waals surface area contributed by atoms with Gasteiger partial charge in [-0.1, -0.05) is 17.8 Å². The predicted molar refractivity (Wildman–Crippen MR) is 133 cm³/mol. The second-order valence-electron chi connectivity index (χ2n) is 8.37. The van der Waals surface area contributed by atoms with E-state index in [1.165, 1.54) is 30.2 Å². The third-order valence-electron chi connectivity index (χ3n) is 6.31. The molecule has 180 valence electrons. The van der Waals surface area contributed by atoms with Crippen LogP contribution in [0, 0.1) is 11.9 Å². The van der Waals surface area contributed by atoms with Crippen molar-refractivity contribution >= 4 is 16.9 Å². The van der Waals surface area contributed by atoms with Gasteiger partial charge in [-0.2, -0.15) is 8.78 Å². The van der Waals surface area contributed by atoms with Crippen molar-refractivity contribution in [3.8, 4) is 33.9 Å². The average Bonchev–Trinajstić information content (AvgIpc) is 3.20. The number of hydrogen-bond acceptors (Lipinski definition) is 8. The number of nitrogens with zero attached hydrogens (tertiary/aromatic N) is 4. The number of fused-ring (bicyclic) bond motifs is 4. The van der Waals surface area contributed by atoms with Crippen LogP contribution in [0.2, 0.25) is 0 Å². The monoisotopic (exact) mass is 503 g/mol. The van der Waals surface area contributed by atoms with Gasteiger partial charge < -0.3 is 15.2 Å². The summed E-state index contributed by atoms with van der Waals surface area (Å²) in [6.45, 7) is 0.334. The minimum Gasteiger partial charge on any atom is -0.455 e. The molecule has 0 aliphatic carbocycles. The molecule has 1 aromatic carbocycles. The highest BCUT2D eigenvalue weighted by Gasteiger charge is 2.53. The summed E-state index contributed by atoms with van der Waals surface area (Å²) < 4.78 is 40.3. The van der Waals surface area contributed by atoms with Crippen LogP contribution in [-0.4, -0.2) is 39.1 Å². The lowest BCUT2D eigenvalue weighted by Crippen LogP contribution is -2.39. The predicted octanol–water partition coefficient (Wildman–Crippen LogP) is 4.91. The van der Waals surface area contributed by atoms with E-state index in [0.717, 1.165) is 0 Å². The Morgan fingerprint density at radius 1 is 1.00 bits per heavy atom. The number of amidine groups is 1. The molecule has 3 aromatic heterocycles. The van der Waals surface area contributed by atoms with Crippen molar-refractivity contribution in [1.29, 1.82) is 0 Å². The Kier molecular flexibility index (Phi) is 5.42. The Morgan fingerprint density at radius 3 is 2.67 bits per heavy atom. The van der Waals surface area contributed by atoms with E-state index in [-0.39, 0.29) is 5.25 Å². The summed E-state index contributed by atoms with van der Waals surface area (Å²) in [7, 11) is 1.61. The average molecular weight is 504 g/mol. The van der Waals surface area contributed by atoms with Crippen LogP contribution < -0.4 is 10.5 Å². The van der Waals surface area contributed by atoms with E-state index >= 15 is 0 Å². The van der Waals surface area contributed by atoms with Crippen LogP contribution in [0.25, 0.3) is 22.4 Å². The molecule has 5 heterocycles. The Bertz CT molecular complexity index is 1530. The number of rotatable bonds is 4. The Balaban J connectivity index is 1.60. The molecule has 1 spiro atoms. The van der Waals surface area contributed by atoms with Gasteiger partial charge in [0.25, 0.3) is 0 Å². The lowest BCUT2D eigenvalue weighted by Gasteiger charge is -2.38. The molecular formula is C26H19F2N5O2S. The van der Waals surface area contributed by atoms with Crippen LogP contribution in [0.15, 0.2) is 72.1 Å². The summed E-state index contributed by atoms with van der Waals surface area (Å²) in [6, 6.07) is 13.6. The molecule has 2 atom stereocenters. The fraction of sp³-hybridized carbons (Fsp3) is 0.154. The first-order valence-corrected chi connectivity index (χ1v) is 11.9. The van der Waals surface area contributed by atoms with Crippen LogP contribution in [0.4, 0.5) is 8.78 Å².